The summed E-state index contributed by atoms with van der Waals surface area (Å²) >= 11 is 0. The van der Waals surface area contributed by atoms with Crippen molar-refractivity contribution in [3.8, 4) is 45.9 Å². The zero-order chi connectivity index (χ0) is 19.5. The average Bonchev–Trinajstić information content (AvgIpc) is 3.41. The van der Waals surface area contributed by atoms with Crippen LogP contribution in [-0.4, -0.2) is 14.5 Å². The fourth-order valence-electron chi connectivity index (χ4n) is 2.90. The summed E-state index contributed by atoms with van der Waals surface area (Å²) in [5.74, 6) is 6.85. The van der Waals surface area contributed by atoms with Crippen LogP contribution in [0.25, 0.3) is 34.0 Å². The maximum Gasteiger partial charge on any atom is 0.251 e. The molecule has 0 unspecified atom stereocenters. The highest BCUT2D eigenvalue weighted by molar-refractivity contribution is 5.89. The molecule has 0 spiro atoms. The fraction of sp³-hybridized carbons (Fsp3) is 0.0952. The van der Waals surface area contributed by atoms with Crippen molar-refractivity contribution in [1.29, 1.82) is 0 Å². The Morgan fingerprint density at radius 1 is 1.04 bits per heavy atom. The van der Waals surface area contributed by atoms with E-state index in [0.717, 1.165) is 5.56 Å². The number of rotatable bonds is 4. The van der Waals surface area contributed by atoms with Gasteiger partial charge in [0.1, 0.15) is 11.4 Å². The first-order valence-electron chi connectivity index (χ1n) is 8.53. The van der Waals surface area contributed by atoms with Crippen molar-refractivity contribution >= 4 is 5.95 Å². The molecule has 4 rings (SSSR count). The van der Waals surface area contributed by atoms with Crippen molar-refractivity contribution in [2.45, 2.75) is 13.5 Å². The predicted molar refractivity (Wildman–Crippen MR) is 105 cm³/mol. The molecule has 0 aliphatic heterocycles. The quantitative estimate of drug-likeness (QED) is 0.551. The molecule has 28 heavy (non-hydrogen) atoms. The van der Waals surface area contributed by atoms with Crippen LogP contribution < -0.4 is 11.3 Å². The molecular weight excluding hydrogens is 356 g/mol. The highest BCUT2D eigenvalue weighted by atomic mass is 16.3. The minimum Gasteiger partial charge on any atom is -0.463 e. The Labute approximate surface area is 160 Å². The van der Waals surface area contributed by atoms with E-state index in [1.54, 1.807) is 56.0 Å². The summed E-state index contributed by atoms with van der Waals surface area (Å²) < 4.78 is 12.6. The van der Waals surface area contributed by atoms with Crippen LogP contribution in [0.15, 0.2) is 68.8 Å². The minimum atomic E-state index is -0.151. The molecule has 0 saturated carbocycles. The van der Waals surface area contributed by atoms with Crippen LogP contribution in [0.1, 0.15) is 6.92 Å². The van der Waals surface area contributed by atoms with Crippen LogP contribution >= 0.6 is 0 Å². The van der Waals surface area contributed by atoms with Gasteiger partial charge in [0.25, 0.3) is 5.56 Å². The molecule has 0 bridgehead atoms. The summed E-state index contributed by atoms with van der Waals surface area (Å²) in [6.45, 7) is 2.01. The lowest BCUT2D eigenvalue weighted by Crippen LogP contribution is -2.18. The molecule has 0 fully saturated rings. The maximum atomic E-state index is 12.2. The first-order chi connectivity index (χ1) is 13.7. The van der Waals surface area contributed by atoms with E-state index >= 15 is 0 Å². The number of nitrogens with two attached hydrogens (primary N) is 1. The van der Waals surface area contributed by atoms with Gasteiger partial charge in [-0.15, -0.1) is 5.92 Å². The van der Waals surface area contributed by atoms with Gasteiger partial charge < -0.3 is 19.1 Å². The molecule has 0 atom stereocenters. The van der Waals surface area contributed by atoms with Crippen molar-refractivity contribution in [3.05, 3.63) is 65.5 Å². The van der Waals surface area contributed by atoms with E-state index in [-0.39, 0.29) is 18.1 Å². The van der Waals surface area contributed by atoms with Crippen molar-refractivity contribution in [1.82, 2.24) is 14.5 Å². The van der Waals surface area contributed by atoms with Crippen molar-refractivity contribution in [2.24, 2.45) is 0 Å². The molecule has 7 nitrogen and oxygen atoms in total. The van der Waals surface area contributed by atoms with Gasteiger partial charge in [0, 0.05) is 23.4 Å². The van der Waals surface area contributed by atoms with E-state index in [1.165, 1.54) is 10.6 Å². The molecule has 138 valence electrons. The molecule has 4 aromatic rings. The zero-order valence-corrected chi connectivity index (χ0v) is 15.0. The van der Waals surface area contributed by atoms with Crippen LogP contribution in [0.3, 0.4) is 0 Å². The Balaban J connectivity index is 2.02. The van der Waals surface area contributed by atoms with Gasteiger partial charge in [0.05, 0.1) is 19.1 Å². The number of pyridine rings is 1. The second kappa shape index (κ2) is 7.29. The van der Waals surface area contributed by atoms with Gasteiger partial charge in [-0.1, -0.05) is 5.92 Å². The molecule has 0 radical (unpaired) electrons. The van der Waals surface area contributed by atoms with E-state index in [0.29, 0.717) is 28.5 Å². The Bertz CT molecular complexity index is 1170. The van der Waals surface area contributed by atoms with Crippen LogP contribution in [0.4, 0.5) is 5.95 Å². The number of nitrogens with zero attached hydrogens (tertiary/aromatic N) is 3. The highest BCUT2D eigenvalue weighted by Crippen LogP contribution is 2.38. The molecule has 0 aliphatic carbocycles. The predicted octanol–water partition coefficient (Wildman–Crippen LogP) is 3.43. The lowest BCUT2D eigenvalue weighted by atomic mass is 10.0. The second-order valence-electron chi connectivity index (χ2n) is 5.92. The maximum absolute atomic E-state index is 12.2. The van der Waals surface area contributed by atoms with E-state index in [1.807, 2.05) is 0 Å². The number of anilines is 1. The topological polar surface area (TPSA) is 100 Å². The summed E-state index contributed by atoms with van der Waals surface area (Å²) in [4.78, 5) is 21.0. The monoisotopic (exact) mass is 372 g/mol. The van der Waals surface area contributed by atoms with Gasteiger partial charge in [0.15, 0.2) is 11.5 Å². The third-order valence-electron chi connectivity index (χ3n) is 4.13. The van der Waals surface area contributed by atoms with Gasteiger partial charge in [-0.05, 0) is 37.3 Å². The van der Waals surface area contributed by atoms with Gasteiger partial charge in [-0.25, -0.2) is 9.97 Å². The van der Waals surface area contributed by atoms with Gasteiger partial charge in [-0.3, -0.25) is 4.79 Å². The van der Waals surface area contributed by atoms with Crippen molar-refractivity contribution in [2.75, 3.05) is 5.73 Å². The van der Waals surface area contributed by atoms with E-state index in [9.17, 15) is 4.79 Å². The zero-order valence-electron chi connectivity index (χ0n) is 15.0. The number of hydrogen-bond acceptors (Lipinski definition) is 6. The van der Waals surface area contributed by atoms with Crippen LogP contribution in [-0.2, 0) is 6.54 Å². The standard InChI is InChI=1S/C21H16N4O3/c1-2-3-10-25-13-14(8-9-17(25)26)18-19(15-6-4-11-27-15)23-21(22)24-20(18)16-7-5-12-28-16/h4-9,11-13H,10H2,1H3,(H2,22,23,24). The summed E-state index contributed by atoms with van der Waals surface area (Å²) in [6.07, 6.45) is 4.84. The molecule has 2 N–H and O–H groups in total. The molecular formula is C21H16N4O3. The lowest BCUT2D eigenvalue weighted by molar-refractivity contribution is 0.577. The molecule has 0 aliphatic rings. The van der Waals surface area contributed by atoms with Gasteiger partial charge in [-0.2, -0.15) is 0 Å². The third-order valence-corrected chi connectivity index (χ3v) is 4.13. The Morgan fingerprint density at radius 3 is 2.21 bits per heavy atom. The molecule has 4 heterocycles. The smallest absolute Gasteiger partial charge is 0.251 e. The van der Waals surface area contributed by atoms with Crippen LogP contribution in [0.5, 0.6) is 0 Å². The Kier molecular flexibility index (Phi) is 4.52. The number of aromatic nitrogens is 3. The minimum absolute atomic E-state index is 0.0896. The summed E-state index contributed by atoms with van der Waals surface area (Å²) in [7, 11) is 0. The highest BCUT2D eigenvalue weighted by Gasteiger charge is 2.22. The summed E-state index contributed by atoms with van der Waals surface area (Å²) in [5.41, 5.74) is 8.20. The summed E-state index contributed by atoms with van der Waals surface area (Å²) in [5, 5.41) is 0. The normalized spacial score (nSPS) is 10.5. The number of furan rings is 2. The molecule has 0 aromatic carbocycles. The third kappa shape index (κ3) is 3.19. The fourth-order valence-corrected chi connectivity index (χ4v) is 2.90. The van der Waals surface area contributed by atoms with E-state index < -0.39 is 0 Å². The Hall–Kier alpha value is -4.05. The molecule has 4 aromatic heterocycles. The lowest BCUT2D eigenvalue weighted by Gasteiger charge is -2.13. The first kappa shape index (κ1) is 17.4. The van der Waals surface area contributed by atoms with Crippen molar-refractivity contribution in [3.63, 3.8) is 0 Å². The second-order valence-corrected chi connectivity index (χ2v) is 5.92. The van der Waals surface area contributed by atoms with Crippen LogP contribution in [0, 0.1) is 11.8 Å². The number of hydrogen-bond donors (Lipinski definition) is 1. The van der Waals surface area contributed by atoms with Gasteiger partial charge >= 0.3 is 0 Å². The summed E-state index contributed by atoms with van der Waals surface area (Å²) in [6, 6.07) is 10.3. The average molecular weight is 372 g/mol. The molecule has 0 saturated heterocycles. The Morgan fingerprint density at radius 2 is 1.68 bits per heavy atom. The van der Waals surface area contributed by atoms with E-state index in [2.05, 4.69) is 21.8 Å². The molecule has 7 heteroatoms. The SMILES string of the molecule is CC#CCn1cc(-c2c(-c3ccco3)nc(N)nc2-c2ccco2)ccc1=O. The van der Waals surface area contributed by atoms with Crippen LogP contribution in [0.2, 0.25) is 0 Å². The van der Waals surface area contributed by atoms with E-state index in [4.69, 9.17) is 14.6 Å². The molecule has 0 amide bonds. The number of nitrogen functional groups attached to an aromatic ring is 1. The first-order valence-corrected chi connectivity index (χ1v) is 8.53. The van der Waals surface area contributed by atoms with Crippen molar-refractivity contribution < 1.29 is 8.83 Å². The van der Waals surface area contributed by atoms with Gasteiger partial charge in [0.2, 0.25) is 5.95 Å². The largest absolute Gasteiger partial charge is 0.463 e.